The molecule has 0 saturated carbocycles. The van der Waals surface area contributed by atoms with E-state index < -0.39 is 0 Å². The first-order chi connectivity index (χ1) is 15.5. The molecule has 0 saturated heterocycles. The Morgan fingerprint density at radius 1 is 1.12 bits per heavy atom. The molecule has 0 radical (unpaired) electrons. The molecule has 1 unspecified atom stereocenters. The van der Waals surface area contributed by atoms with Gasteiger partial charge in [-0.05, 0) is 56.5 Å². The van der Waals surface area contributed by atoms with Crippen molar-refractivity contribution < 1.29 is 9.53 Å². The van der Waals surface area contributed by atoms with Crippen LogP contribution in [0, 0.1) is 19.8 Å². The topological polar surface area (TPSA) is 79.4 Å². The molecule has 0 spiro atoms. The van der Waals surface area contributed by atoms with Crippen LogP contribution in [0.3, 0.4) is 0 Å². The van der Waals surface area contributed by atoms with Crippen LogP contribution in [0.15, 0.2) is 54.9 Å². The van der Waals surface area contributed by atoms with Gasteiger partial charge < -0.3 is 15.0 Å². The Bertz CT molecular complexity index is 1080. The second-order valence-electron chi connectivity index (χ2n) is 8.17. The summed E-state index contributed by atoms with van der Waals surface area (Å²) in [5.74, 6) is 1.42. The summed E-state index contributed by atoms with van der Waals surface area (Å²) in [4.78, 5) is 23.2. The maximum atomic E-state index is 12.5. The Morgan fingerprint density at radius 3 is 2.75 bits per heavy atom. The fourth-order valence-corrected chi connectivity index (χ4v) is 3.99. The van der Waals surface area contributed by atoms with Gasteiger partial charge in [0.2, 0.25) is 0 Å². The Balaban J connectivity index is 1.42. The SMILES string of the molecule is CCN1CC(COc2ccc(C)cc2NC(=O)Nc2cnc(C)cn2)Cc2ccccc21. The Labute approximate surface area is 188 Å². The number of aromatic nitrogens is 2. The predicted octanol–water partition coefficient (Wildman–Crippen LogP) is 4.82. The fraction of sp³-hybridized carbons (Fsp3) is 0.320. The number of para-hydroxylation sites is 1. The highest BCUT2D eigenvalue weighted by molar-refractivity contribution is 6.00. The van der Waals surface area contributed by atoms with Crippen LogP contribution in [0.25, 0.3) is 0 Å². The van der Waals surface area contributed by atoms with Gasteiger partial charge in [-0.25, -0.2) is 9.78 Å². The summed E-state index contributed by atoms with van der Waals surface area (Å²) in [7, 11) is 0. The average Bonchev–Trinajstić information content (AvgIpc) is 2.79. The molecular formula is C25H29N5O2. The van der Waals surface area contributed by atoms with Gasteiger partial charge in [0, 0.05) is 24.7 Å². The van der Waals surface area contributed by atoms with E-state index in [1.54, 1.807) is 6.20 Å². The van der Waals surface area contributed by atoms with Gasteiger partial charge >= 0.3 is 6.03 Å². The third kappa shape index (κ3) is 5.17. The molecule has 0 aliphatic carbocycles. The number of rotatable bonds is 6. The Morgan fingerprint density at radius 2 is 1.97 bits per heavy atom. The quantitative estimate of drug-likeness (QED) is 0.585. The van der Waals surface area contributed by atoms with Crippen molar-refractivity contribution in [3.63, 3.8) is 0 Å². The van der Waals surface area contributed by atoms with E-state index in [4.69, 9.17) is 4.74 Å². The summed E-state index contributed by atoms with van der Waals surface area (Å²) in [5, 5.41) is 5.59. The second kappa shape index (κ2) is 9.68. The van der Waals surface area contributed by atoms with E-state index in [0.717, 1.165) is 30.8 Å². The van der Waals surface area contributed by atoms with Crippen molar-refractivity contribution in [1.29, 1.82) is 0 Å². The van der Waals surface area contributed by atoms with E-state index in [9.17, 15) is 4.79 Å². The summed E-state index contributed by atoms with van der Waals surface area (Å²) >= 11 is 0. The zero-order valence-corrected chi connectivity index (χ0v) is 18.8. The lowest BCUT2D eigenvalue weighted by atomic mass is 9.93. The maximum Gasteiger partial charge on any atom is 0.324 e. The number of carbonyl (C=O) groups excluding carboxylic acids is 1. The molecule has 166 valence electrons. The largest absolute Gasteiger partial charge is 0.491 e. The Kier molecular flexibility index (Phi) is 6.54. The van der Waals surface area contributed by atoms with Gasteiger partial charge in [-0.2, -0.15) is 0 Å². The van der Waals surface area contributed by atoms with E-state index >= 15 is 0 Å². The van der Waals surface area contributed by atoms with E-state index in [0.29, 0.717) is 29.8 Å². The van der Waals surface area contributed by atoms with Crippen LogP contribution >= 0.6 is 0 Å². The van der Waals surface area contributed by atoms with Gasteiger partial charge in [0.05, 0.1) is 30.4 Å². The molecule has 2 amide bonds. The van der Waals surface area contributed by atoms with Crippen molar-refractivity contribution in [3.8, 4) is 5.75 Å². The van der Waals surface area contributed by atoms with E-state index in [2.05, 4.69) is 56.7 Å². The number of nitrogens with one attached hydrogen (secondary N) is 2. The molecule has 1 aliphatic rings. The zero-order chi connectivity index (χ0) is 22.5. The summed E-state index contributed by atoms with van der Waals surface area (Å²) in [6.07, 6.45) is 4.12. The van der Waals surface area contributed by atoms with Crippen molar-refractivity contribution in [2.45, 2.75) is 27.2 Å². The van der Waals surface area contributed by atoms with E-state index in [-0.39, 0.29) is 6.03 Å². The molecule has 0 bridgehead atoms. The molecule has 2 N–H and O–H groups in total. The molecule has 3 aromatic rings. The van der Waals surface area contributed by atoms with Gasteiger partial charge in [-0.15, -0.1) is 0 Å². The minimum atomic E-state index is -0.387. The van der Waals surface area contributed by atoms with Gasteiger partial charge in [0.15, 0.2) is 5.82 Å². The molecule has 2 heterocycles. The van der Waals surface area contributed by atoms with Crippen molar-refractivity contribution >= 4 is 23.2 Å². The number of hydrogen-bond donors (Lipinski definition) is 2. The first-order valence-corrected chi connectivity index (χ1v) is 10.9. The smallest absolute Gasteiger partial charge is 0.324 e. The lowest BCUT2D eigenvalue weighted by Gasteiger charge is -2.35. The van der Waals surface area contributed by atoms with Crippen molar-refractivity contribution in [1.82, 2.24) is 9.97 Å². The predicted molar refractivity (Wildman–Crippen MR) is 128 cm³/mol. The van der Waals surface area contributed by atoms with Gasteiger partial charge in [-0.1, -0.05) is 24.3 Å². The lowest BCUT2D eigenvalue weighted by molar-refractivity contribution is 0.246. The molecule has 4 rings (SSSR count). The molecule has 0 fully saturated rings. The molecule has 2 aromatic carbocycles. The number of hydrogen-bond acceptors (Lipinski definition) is 5. The molecule has 7 nitrogen and oxygen atoms in total. The Hall–Kier alpha value is -3.61. The van der Waals surface area contributed by atoms with Crippen molar-refractivity contribution in [2.24, 2.45) is 5.92 Å². The van der Waals surface area contributed by atoms with Crippen LogP contribution in [-0.4, -0.2) is 35.7 Å². The normalized spacial score (nSPS) is 15.1. The lowest BCUT2D eigenvalue weighted by Crippen LogP contribution is -2.37. The van der Waals surface area contributed by atoms with Crippen LogP contribution in [-0.2, 0) is 6.42 Å². The number of carbonyl (C=O) groups is 1. The molecule has 1 aliphatic heterocycles. The van der Waals surface area contributed by atoms with E-state index in [1.165, 1.54) is 17.4 Å². The highest BCUT2D eigenvalue weighted by atomic mass is 16.5. The van der Waals surface area contributed by atoms with Crippen LogP contribution in [0.4, 0.5) is 22.0 Å². The number of aryl methyl sites for hydroxylation is 2. The number of amides is 2. The fourth-order valence-electron chi connectivity index (χ4n) is 3.99. The van der Waals surface area contributed by atoms with Crippen molar-refractivity contribution in [3.05, 3.63) is 71.7 Å². The van der Waals surface area contributed by atoms with E-state index in [1.807, 2.05) is 32.0 Å². The van der Waals surface area contributed by atoms with Gasteiger partial charge in [-0.3, -0.25) is 10.3 Å². The number of anilines is 3. The minimum absolute atomic E-state index is 0.371. The standard InChI is InChI=1S/C25H29N5O2/c1-4-30-15-19(12-20-7-5-6-8-22(20)30)16-32-23-10-9-17(2)11-21(23)28-25(31)29-24-14-26-18(3)13-27-24/h5-11,13-14,19H,4,12,15-16H2,1-3H3,(H2,27,28,29,31). The minimum Gasteiger partial charge on any atom is -0.491 e. The molecule has 32 heavy (non-hydrogen) atoms. The number of fused-ring (bicyclic) bond motifs is 1. The third-order valence-corrected chi connectivity index (χ3v) is 5.58. The number of ether oxygens (including phenoxy) is 1. The van der Waals surface area contributed by atoms with Crippen LogP contribution < -0.4 is 20.3 Å². The highest BCUT2D eigenvalue weighted by Crippen LogP contribution is 2.31. The zero-order valence-electron chi connectivity index (χ0n) is 18.8. The maximum absolute atomic E-state index is 12.5. The second-order valence-corrected chi connectivity index (χ2v) is 8.17. The summed E-state index contributed by atoms with van der Waals surface area (Å²) in [6.45, 7) is 8.50. The number of nitrogens with zero attached hydrogens (tertiary/aromatic N) is 3. The van der Waals surface area contributed by atoms with Gasteiger partial charge in [0.1, 0.15) is 5.75 Å². The monoisotopic (exact) mass is 431 g/mol. The van der Waals surface area contributed by atoms with Crippen molar-refractivity contribution in [2.75, 3.05) is 35.2 Å². The molecule has 1 atom stereocenters. The number of benzene rings is 2. The first kappa shape index (κ1) is 21.6. The summed E-state index contributed by atoms with van der Waals surface area (Å²) in [6, 6.07) is 14.0. The molecule has 7 heteroatoms. The van der Waals surface area contributed by atoms with Gasteiger partial charge in [0.25, 0.3) is 0 Å². The highest BCUT2D eigenvalue weighted by Gasteiger charge is 2.24. The van der Waals surface area contributed by atoms with Crippen LogP contribution in [0.5, 0.6) is 5.75 Å². The molecule has 1 aromatic heterocycles. The number of urea groups is 1. The summed E-state index contributed by atoms with van der Waals surface area (Å²) < 4.78 is 6.21. The average molecular weight is 432 g/mol. The third-order valence-electron chi connectivity index (χ3n) is 5.58. The van der Waals surface area contributed by atoms with Crippen LogP contribution in [0.2, 0.25) is 0 Å². The molecular weight excluding hydrogens is 402 g/mol. The first-order valence-electron chi connectivity index (χ1n) is 10.9. The summed E-state index contributed by atoms with van der Waals surface area (Å²) in [5.41, 5.74) is 5.13. The van der Waals surface area contributed by atoms with Crippen LogP contribution in [0.1, 0.15) is 23.7 Å².